The number of likely N-dealkylation sites (tertiary alicyclic amines) is 1. The molecule has 102 valence electrons. The highest BCUT2D eigenvalue weighted by atomic mass is 15.1. The average molecular weight is 240 g/mol. The average Bonchev–Trinajstić information content (AvgIpc) is 2.54. The van der Waals surface area contributed by atoms with E-state index in [9.17, 15) is 0 Å². The molecule has 1 fully saturated rings. The van der Waals surface area contributed by atoms with Crippen molar-refractivity contribution >= 4 is 0 Å². The van der Waals surface area contributed by atoms with Crippen LogP contribution in [0.5, 0.6) is 0 Å². The van der Waals surface area contributed by atoms with Gasteiger partial charge in [-0.1, -0.05) is 20.8 Å². The summed E-state index contributed by atoms with van der Waals surface area (Å²) in [5.74, 6) is 1.82. The van der Waals surface area contributed by atoms with E-state index in [1.165, 1.54) is 51.7 Å². The first-order valence-corrected chi connectivity index (χ1v) is 7.61. The summed E-state index contributed by atoms with van der Waals surface area (Å²) in [4.78, 5) is 2.66. The normalized spacial score (nSPS) is 24.9. The number of nitrogens with two attached hydrogens (primary N) is 1. The van der Waals surface area contributed by atoms with E-state index in [0.29, 0.717) is 6.04 Å². The quantitative estimate of drug-likeness (QED) is 0.772. The zero-order valence-electron chi connectivity index (χ0n) is 12.1. The number of hydrogen-bond acceptors (Lipinski definition) is 2. The molecule has 0 bridgehead atoms. The van der Waals surface area contributed by atoms with Crippen molar-refractivity contribution < 1.29 is 0 Å². The standard InChI is InChI=1S/C15H32N2/c1-4-15(16)8-6-11-17-10-5-7-14(9-12-17)13(2)3/h13-15H,4-12,16H2,1-3H3. The van der Waals surface area contributed by atoms with Crippen molar-refractivity contribution in [3.8, 4) is 0 Å². The van der Waals surface area contributed by atoms with Gasteiger partial charge in [-0.05, 0) is 70.0 Å². The lowest BCUT2D eigenvalue weighted by Crippen LogP contribution is -2.28. The Bertz CT molecular complexity index is 191. The van der Waals surface area contributed by atoms with Crippen LogP contribution in [-0.4, -0.2) is 30.6 Å². The molecule has 0 radical (unpaired) electrons. The van der Waals surface area contributed by atoms with Gasteiger partial charge in [0.2, 0.25) is 0 Å². The molecule has 2 nitrogen and oxygen atoms in total. The van der Waals surface area contributed by atoms with E-state index in [-0.39, 0.29) is 0 Å². The molecular formula is C15H32N2. The first-order valence-electron chi connectivity index (χ1n) is 7.61. The maximum absolute atomic E-state index is 5.96. The summed E-state index contributed by atoms with van der Waals surface area (Å²) >= 11 is 0. The van der Waals surface area contributed by atoms with Gasteiger partial charge in [-0.2, -0.15) is 0 Å². The van der Waals surface area contributed by atoms with E-state index in [4.69, 9.17) is 5.73 Å². The van der Waals surface area contributed by atoms with Gasteiger partial charge in [0, 0.05) is 6.04 Å². The molecule has 0 aromatic heterocycles. The van der Waals surface area contributed by atoms with Gasteiger partial charge in [0.15, 0.2) is 0 Å². The van der Waals surface area contributed by atoms with Crippen molar-refractivity contribution in [3.63, 3.8) is 0 Å². The first-order chi connectivity index (χ1) is 8.13. The fraction of sp³-hybridized carbons (Fsp3) is 1.00. The molecule has 1 heterocycles. The van der Waals surface area contributed by atoms with Gasteiger partial charge in [-0.3, -0.25) is 0 Å². The Labute approximate surface area is 108 Å². The van der Waals surface area contributed by atoms with Crippen molar-refractivity contribution in [2.45, 2.75) is 65.3 Å². The third-order valence-corrected chi connectivity index (χ3v) is 4.38. The fourth-order valence-corrected chi connectivity index (χ4v) is 2.85. The van der Waals surface area contributed by atoms with Crippen LogP contribution in [0, 0.1) is 11.8 Å². The van der Waals surface area contributed by atoms with Crippen molar-refractivity contribution in [2.24, 2.45) is 17.6 Å². The minimum atomic E-state index is 0.422. The summed E-state index contributed by atoms with van der Waals surface area (Å²) in [6.45, 7) is 10.8. The Morgan fingerprint density at radius 1 is 1.24 bits per heavy atom. The van der Waals surface area contributed by atoms with E-state index in [0.717, 1.165) is 18.3 Å². The monoisotopic (exact) mass is 240 g/mol. The third kappa shape index (κ3) is 5.87. The molecule has 1 rings (SSSR count). The van der Waals surface area contributed by atoms with Crippen LogP contribution in [0.3, 0.4) is 0 Å². The summed E-state index contributed by atoms with van der Waals surface area (Å²) in [6.07, 6.45) is 7.82. The molecular weight excluding hydrogens is 208 g/mol. The Hall–Kier alpha value is -0.0800. The molecule has 0 spiro atoms. The topological polar surface area (TPSA) is 29.3 Å². The minimum absolute atomic E-state index is 0.422. The Morgan fingerprint density at radius 2 is 2.00 bits per heavy atom. The summed E-state index contributed by atoms with van der Waals surface area (Å²) in [6, 6.07) is 0.422. The van der Waals surface area contributed by atoms with Crippen molar-refractivity contribution in [1.29, 1.82) is 0 Å². The van der Waals surface area contributed by atoms with Gasteiger partial charge in [0.05, 0.1) is 0 Å². The number of hydrogen-bond donors (Lipinski definition) is 1. The van der Waals surface area contributed by atoms with Crippen molar-refractivity contribution in [1.82, 2.24) is 4.90 Å². The fourth-order valence-electron chi connectivity index (χ4n) is 2.85. The van der Waals surface area contributed by atoms with E-state index in [2.05, 4.69) is 25.7 Å². The molecule has 0 aromatic carbocycles. The van der Waals surface area contributed by atoms with Gasteiger partial charge < -0.3 is 10.6 Å². The highest BCUT2D eigenvalue weighted by molar-refractivity contribution is 4.72. The highest BCUT2D eigenvalue weighted by Gasteiger charge is 2.19. The molecule has 0 amide bonds. The second kappa shape index (κ2) is 8.10. The molecule has 2 atom stereocenters. The number of rotatable bonds is 6. The summed E-state index contributed by atoms with van der Waals surface area (Å²) in [5, 5.41) is 0. The summed E-state index contributed by atoms with van der Waals surface area (Å²) in [5.41, 5.74) is 5.96. The second-order valence-electron chi connectivity index (χ2n) is 6.09. The van der Waals surface area contributed by atoms with Crippen LogP contribution >= 0.6 is 0 Å². The van der Waals surface area contributed by atoms with Crippen LogP contribution in [0.4, 0.5) is 0 Å². The lowest BCUT2D eigenvalue weighted by molar-refractivity contribution is 0.264. The van der Waals surface area contributed by atoms with Crippen LogP contribution in [0.1, 0.15) is 59.3 Å². The van der Waals surface area contributed by atoms with E-state index < -0.39 is 0 Å². The van der Waals surface area contributed by atoms with Crippen molar-refractivity contribution in [3.05, 3.63) is 0 Å². The summed E-state index contributed by atoms with van der Waals surface area (Å²) in [7, 11) is 0. The molecule has 17 heavy (non-hydrogen) atoms. The van der Waals surface area contributed by atoms with Gasteiger partial charge in [0.25, 0.3) is 0 Å². The van der Waals surface area contributed by atoms with Gasteiger partial charge >= 0.3 is 0 Å². The lowest BCUT2D eigenvalue weighted by Gasteiger charge is -2.21. The number of nitrogens with zero attached hydrogens (tertiary/aromatic N) is 1. The molecule has 1 aliphatic heterocycles. The van der Waals surface area contributed by atoms with Crippen LogP contribution in [-0.2, 0) is 0 Å². The molecule has 2 heteroatoms. The largest absolute Gasteiger partial charge is 0.328 e. The predicted molar refractivity (Wildman–Crippen MR) is 76.1 cm³/mol. The van der Waals surface area contributed by atoms with Crippen LogP contribution in [0.2, 0.25) is 0 Å². The molecule has 1 aliphatic rings. The summed E-state index contributed by atoms with van der Waals surface area (Å²) < 4.78 is 0. The zero-order chi connectivity index (χ0) is 12.7. The van der Waals surface area contributed by atoms with Gasteiger partial charge in [0.1, 0.15) is 0 Å². The lowest BCUT2D eigenvalue weighted by atomic mass is 9.89. The van der Waals surface area contributed by atoms with Crippen LogP contribution in [0.25, 0.3) is 0 Å². The highest BCUT2D eigenvalue weighted by Crippen LogP contribution is 2.24. The smallest absolute Gasteiger partial charge is 0.00366 e. The minimum Gasteiger partial charge on any atom is -0.328 e. The molecule has 0 aromatic rings. The van der Waals surface area contributed by atoms with Crippen LogP contribution < -0.4 is 5.73 Å². The maximum Gasteiger partial charge on any atom is 0.00366 e. The Kier molecular flexibility index (Phi) is 7.14. The molecule has 2 unspecified atom stereocenters. The van der Waals surface area contributed by atoms with E-state index >= 15 is 0 Å². The van der Waals surface area contributed by atoms with Crippen molar-refractivity contribution in [2.75, 3.05) is 19.6 Å². The zero-order valence-corrected chi connectivity index (χ0v) is 12.1. The van der Waals surface area contributed by atoms with Crippen LogP contribution in [0.15, 0.2) is 0 Å². The van der Waals surface area contributed by atoms with E-state index in [1.54, 1.807) is 0 Å². The molecule has 1 saturated heterocycles. The second-order valence-corrected chi connectivity index (χ2v) is 6.09. The predicted octanol–water partition coefficient (Wildman–Crippen LogP) is 3.26. The molecule has 2 N–H and O–H groups in total. The Balaban J connectivity index is 2.18. The molecule has 0 saturated carbocycles. The van der Waals surface area contributed by atoms with E-state index in [1.807, 2.05) is 0 Å². The molecule has 0 aliphatic carbocycles. The third-order valence-electron chi connectivity index (χ3n) is 4.38. The van der Waals surface area contributed by atoms with Gasteiger partial charge in [-0.15, -0.1) is 0 Å². The first kappa shape index (κ1) is 15.0. The Morgan fingerprint density at radius 3 is 2.65 bits per heavy atom. The van der Waals surface area contributed by atoms with Gasteiger partial charge in [-0.25, -0.2) is 0 Å². The SMILES string of the molecule is CCC(N)CCCN1CCCC(C(C)C)CC1. The maximum atomic E-state index is 5.96.